The number of ether oxygens (including phenoxy) is 1. The van der Waals surface area contributed by atoms with Gasteiger partial charge in [0, 0.05) is 30.6 Å². The highest BCUT2D eigenvalue weighted by atomic mass is 32.2. The van der Waals surface area contributed by atoms with E-state index in [-0.39, 0.29) is 17.5 Å². The Morgan fingerprint density at radius 1 is 1.23 bits per heavy atom. The predicted molar refractivity (Wildman–Crippen MR) is 110 cm³/mol. The summed E-state index contributed by atoms with van der Waals surface area (Å²) in [6, 6.07) is 13.6. The first-order valence-corrected chi connectivity index (χ1v) is 11.2. The van der Waals surface area contributed by atoms with E-state index in [2.05, 4.69) is 14.9 Å². The number of rotatable bonds is 9. The highest BCUT2D eigenvalue weighted by Crippen LogP contribution is 2.24. The van der Waals surface area contributed by atoms with Gasteiger partial charge in [0.1, 0.15) is 24.7 Å². The van der Waals surface area contributed by atoms with Crippen LogP contribution in [0.25, 0.3) is 11.0 Å². The fourth-order valence-corrected chi connectivity index (χ4v) is 4.17. The second kappa shape index (κ2) is 9.11. The van der Waals surface area contributed by atoms with Gasteiger partial charge in [-0.25, -0.2) is 8.42 Å². The molecule has 4 rings (SSSR count). The Kier molecular flexibility index (Phi) is 6.30. The fraction of sp³-hybridized carbons (Fsp3) is 0.350. The molecule has 0 aliphatic carbocycles. The monoisotopic (exact) mass is 432 g/mol. The summed E-state index contributed by atoms with van der Waals surface area (Å²) < 4.78 is 35.5. The molecule has 1 aliphatic heterocycles. The third-order valence-electron chi connectivity index (χ3n) is 4.93. The van der Waals surface area contributed by atoms with Crippen molar-refractivity contribution < 1.29 is 22.5 Å². The van der Waals surface area contributed by atoms with Crippen LogP contribution < -0.4 is 15.4 Å². The van der Waals surface area contributed by atoms with Gasteiger partial charge in [-0.2, -0.15) is 0 Å². The van der Waals surface area contributed by atoms with Gasteiger partial charge in [0.25, 0.3) is 10.0 Å². The van der Waals surface area contributed by atoms with Crippen molar-refractivity contribution >= 4 is 21.0 Å². The maximum Gasteiger partial charge on any atom is 0.262 e. The van der Waals surface area contributed by atoms with Crippen molar-refractivity contribution in [3.05, 3.63) is 54.2 Å². The molecule has 1 unspecified atom stereocenters. The van der Waals surface area contributed by atoms with Crippen molar-refractivity contribution in [2.24, 2.45) is 5.73 Å². The van der Waals surface area contributed by atoms with E-state index < -0.39 is 10.0 Å². The summed E-state index contributed by atoms with van der Waals surface area (Å²) in [6.45, 7) is 3.21. The third-order valence-corrected chi connectivity index (χ3v) is 6.16. The summed E-state index contributed by atoms with van der Waals surface area (Å²) in [6.07, 6.45) is 1.02. The van der Waals surface area contributed by atoms with E-state index >= 15 is 0 Å². The van der Waals surface area contributed by atoms with Crippen molar-refractivity contribution in [2.45, 2.75) is 24.0 Å². The number of hydrogen-bond donors (Lipinski definition) is 2. The number of nitrogens with two attached hydrogens (primary N) is 1. The van der Waals surface area contributed by atoms with Crippen molar-refractivity contribution in [1.82, 2.24) is 14.9 Å². The van der Waals surface area contributed by atoms with Gasteiger partial charge in [-0.05, 0) is 37.2 Å². The molecular formula is C20H24N4O5S. The molecule has 1 atom stereocenters. The molecule has 3 aromatic rings. The maximum absolute atomic E-state index is 12.2. The first-order valence-electron chi connectivity index (χ1n) is 9.69. The average molecular weight is 433 g/mol. The zero-order chi connectivity index (χ0) is 21.0. The molecule has 160 valence electrons. The van der Waals surface area contributed by atoms with Crippen molar-refractivity contribution in [1.29, 1.82) is 0 Å². The van der Waals surface area contributed by atoms with Crippen molar-refractivity contribution in [3.63, 3.8) is 0 Å². The van der Waals surface area contributed by atoms with Crippen LogP contribution in [0.2, 0.25) is 0 Å². The van der Waals surface area contributed by atoms with E-state index in [9.17, 15) is 8.42 Å². The lowest BCUT2D eigenvalue weighted by atomic mass is 10.2. The first-order chi connectivity index (χ1) is 14.5. The van der Waals surface area contributed by atoms with Gasteiger partial charge in [-0.15, -0.1) is 0 Å². The summed E-state index contributed by atoms with van der Waals surface area (Å²) in [5.74, 6) is 0.680. The zero-order valence-corrected chi connectivity index (χ0v) is 17.2. The molecule has 30 heavy (non-hydrogen) atoms. The van der Waals surface area contributed by atoms with Gasteiger partial charge in [-0.3, -0.25) is 9.74 Å². The second-order valence-electron chi connectivity index (χ2n) is 7.17. The molecule has 1 saturated heterocycles. The number of likely N-dealkylation sites (tertiary alicyclic amines) is 1. The zero-order valence-electron chi connectivity index (χ0n) is 16.4. The third kappa shape index (κ3) is 4.97. The topological polar surface area (TPSA) is 120 Å². The highest BCUT2D eigenvalue weighted by Gasteiger charge is 2.19. The fourth-order valence-electron chi connectivity index (χ4n) is 3.35. The van der Waals surface area contributed by atoms with Crippen molar-refractivity contribution in [3.8, 4) is 5.75 Å². The lowest BCUT2D eigenvalue weighted by molar-refractivity contribution is 0.0760. The Bertz CT molecular complexity index is 1090. The first kappa shape index (κ1) is 20.8. The molecule has 0 radical (unpaired) electrons. The van der Waals surface area contributed by atoms with Gasteiger partial charge in [0.15, 0.2) is 5.58 Å². The Hall–Kier alpha value is -2.50. The molecule has 1 fully saturated rings. The van der Waals surface area contributed by atoms with Crippen LogP contribution in [0.15, 0.2) is 57.9 Å². The number of aromatic nitrogens is 1. The number of hydrogen-bond acceptors (Lipinski definition) is 8. The van der Waals surface area contributed by atoms with E-state index in [1.54, 1.807) is 24.3 Å². The molecule has 1 aliphatic rings. The lowest BCUT2D eigenvalue weighted by Crippen LogP contribution is -2.29. The SMILES string of the molecule is NC1CCN(CCOc2ccc3c(CONS(=O)(=O)c4ccccc4)noc3c2)C1. The average Bonchev–Trinajstić information content (AvgIpc) is 3.34. The lowest BCUT2D eigenvalue weighted by Gasteiger charge is -2.15. The van der Waals surface area contributed by atoms with Crippen LogP contribution in [0.3, 0.4) is 0 Å². The number of benzene rings is 2. The molecule has 0 spiro atoms. The van der Waals surface area contributed by atoms with E-state index in [0.29, 0.717) is 23.6 Å². The van der Waals surface area contributed by atoms with Gasteiger partial charge in [0.05, 0.1) is 4.90 Å². The summed E-state index contributed by atoms with van der Waals surface area (Å²) in [5.41, 5.74) is 6.94. The Morgan fingerprint density at radius 3 is 2.83 bits per heavy atom. The molecule has 0 saturated carbocycles. The van der Waals surface area contributed by atoms with E-state index in [4.69, 9.17) is 19.8 Å². The predicted octanol–water partition coefficient (Wildman–Crippen LogP) is 1.65. The molecular weight excluding hydrogens is 408 g/mol. The molecule has 2 heterocycles. The molecule has 2 aromatic carbocycles. The Morgan fingerprint density at radius 2 is 2.07 bits per heavy atom. The molecule has 0 bridgehead atoms. The van der Waals surface area contributed by atoms with E-state index in [1.807, 2.05) is 12.1 Å². The standard InChI is InChI=1S/C20H24N4O5S/c21-15-8-9-24(13-15)10-11-27-16-6-7-18-19(22-29-20(18)12-16)14-28-23-30(25,26)17-4-2-1-3-5-17/h1-7,12,15,23H,8-11,13-14,21H2. The van der Waals surface area contributed by atoms with Gasteiger partial charge >= 0.3 is 0 Å². The van der Waals surface area contributed by atoms with Crippen LogP contribution >= 0.6 is 0 Å². The van der Waals surface area contributed by atoms with Crippen LogP contribution in [0.4, 0.5) is 0 Å². The normalized spacial score (nSPS) is 17.6. The molecule has 9 nitrogen and oxygen atoms in total. The largest absolute Gasteiger partial charge is 0.492 e. The van der Waals surface area contributed by atoms with Gasteiger partial charge in [-0.1, -0.05) is 28.2 Å². The van der Waals surface area contributed by atoms with Crippen molar-refractivity contribution in [2.75, 3.05) is 26.2 Å². The van der Waals surface area contributed by atoms with Gasteiger partial charge < -0.3 is 15.0 Å². The minimum absolute atomic E-state index is 0.0749. The minimum atomic E-state index is -3.76. The van der Waals surface area contributed by atoms with E-state index in [0.717, 1.165) is 31.4 Å². The Balaban J connectivity index is 1.31. The van der Waals surface area contributed by atoms with Gasteiger partial charge in [0.2, 0.25) is 0 Å². The number of fused-ring (bicyclic) bond motifs is 1. The summed E-state index contributed by atoms with van der Waals surface area (Å²) in [5, 5.41) is 4.70. The highest BCUT2D eigenvalue weighted by molar-refractivity contribution is 7.89. The quantitative estimate of drug-likeness (QED) is 0.490. The van der Waals surface area contributed by atoms with Crippen LogP contribution in [0.1, 0.15) is 12.1 Å². The van der Waals surface area contributed by atoms with Crippen LogP contribution in [-0.4, -0.2) is 50.8 Å². The van der Waals surface area contributed by atoms with Crippen LogP contribution in [-0.2, 0) is 21.5 Å². The summed E-state index contributed by atoms with van der Waals surface area (Å²) >= 11 is 0. The number of nitrogens with one attached hydrogen (secondary N) is 1. The van der Waals surface area contributed by atoms with Crippen LogP contribution in [0.5, 0.6) is 5.75 Å². The van der Waals surface area contributed by atoms with Crippen LogP contribution in [0, 0.1) is 0 Å². The summed E-state index contributed by atoms with van der Waals surface area (Å²) in [7, 11) is -3.76. The minimum Gasteiger partial charge on any atom is -0.492 e. The van der Waals surface area contributed by atoms with E-state index in [1.165, 1.54) is 12.1 Å². The smallest absolute Gasteiger partial charge is 0.262 e. The summed E-state index contributed by atoms with van der Waals surface area (Å²) in [4.78, 5) is 9.66. The molecule has 3 N–H and O–H groups in total. The molecule has 1 aromatic heterocycles. The molecule has 10 heteroatoms. The number of nitrogens with zero attached hydrogens (tertiary/aromatic N) is 2. The molecule has 0 amide bonds. The second-order valence-corrected chi connectivity index (χ2v) is 8.82. The Labute approximate surface area is 174 Å². The maximum atomic E-state index is 12.2. The number of sulfonamides is 1.